The van der Waals surface area contributed by atoms with Crippen LogP contribution in [-0.4, -0.2) is 17.3 Å². The first-order valence-corrected chi connectivity index (χ1v) is 4.20. The van der Waals surface area contributed by atoms with Gasteiger partial charge in [0.2, 0.25) is 5.78 Å². The Morgan fingerprint density at radius 3 is 2.06 bits per heavy atom. The van der Waals surface area contributed by atoms with Crippen LogP contribution < -0.4 is 0 Å². The van der Waals surface area contributed by atoms with Gasteiger partial charge in [0.25, 0.3) is 6.43 Å². The van der Waals surface area contributed by atoms with E-state index < -0.39 is 41.0 Å². The smallest absolute Gasteiger partial charge is 0.300 e. The van der Waals surface area contributed by atoms with E-state index >= 15 is 0 Å². The van der Waals surface area contributed by atoms with E-state index in [1.807, 2.05) is 0 Å². The van der Waals surface area contributed by atoms with Gasteiger partial charge in [-0.25, -0.2) is 22.0 Å². The highest BCUT2D eigenvalue weighted by atomic mass is 19.3. The van der Waals surface area contributed by atoms with E-state index in [0.717, 1.165) is 0 Å². The molecule has 0 saturated carbocycles. The first kappa shape index (κ1) is 13.1. The van der Waals surface area contributed by atoms with Crippen LogP contribution in [0.1, 0.15) is 5.56 Å². The van der Waals surface area contributed by atoms with Gasteiger partial charge in [0.15, 0.2) is 0 Å². The second-order valence-electron chi connectivity index (χ2n) is 2.98. The molecule has 2 nitrogen and oxygen atoms in total. The second-order valence-corrected chi connectivity index (χ2v) is 2.98. The Bertz CT molecular complexity index is 459. The van der Waals surface area contributed by atoms with Crippen molar-refractivity contribution in [2.24, 2.45) is 0 Å². The number of rotatable bonds is 3. The molecule has 1 aromatic rings. The highest BCUT2D eigenvalue weighted by Crippen LogP contribution is 2.21. The molecule has 0 bridgehead atoms. The van der Waals surface area contributed by atoms with Crippen LogP contribution in [0.3, 0.4) is 0 Å². The van der Waals surface area contributed by atoms with Crippen LogP contribution in [0.2, 0.25) is 0 Å². The molecular formula is C10H5F5O2. The van der Waals surface area contributed by atoms with Crippen molar-refractivity contribution in [1.82, 2.24) is 0 Å². The minimum atomic E-state index is -3.41. The SMILES string of the molecule is O=C(/C=C(\O)c1c(F)cc(F)cc1F)C(F)F. The summed E-state index contributed by atoms with van der Waals surface area (Å²) in [5, 5.41) is 9.10. The lowest BCUT2D eigenvalue weighted by molar-refractivity contribution is -0.124. The monoisotopic (exact) mass is 252 g/mol. The summed E-state index contributed by atoms with van der Waals surface area (Å²) in [5.41, 5.74) is -1.14. The van der Waals surface area contributed by atoms with Crippen molar-refractivity contribution in [1.29, 1.82) is 0 Å². The third-order valence-electron chi connectivity index (χ3n) is 1.76. The minimum Gasteiger partial charge on any atom is -0.507 e. The van der Waals surface area contributed by atoms with Crippen molar-refractivity contribution in [2.45, 2.75) is 6.43 Å². The molecule has 0 radical (unpaired) electrons. The van der Waals surface area contributed by atoms with E-state index in [4.69, 9.17) is 5.11 Å². The molecule has 17 heavy (non-hydrogen) atoms. The molecule has 1 aromatic carbocycles. The predicted molar refractivity (Wildman–Crippen MR) is 47.9 cm³/mol. The third-order valence-corrected chi connectivity index (χ3v) is 1.76. The van der Waals surface area contributed by atoms with Crippen molar-refractivity contribution in [3.05, 3.63) is 41.2 Å². The minimum absolute atomic E-state index is 0.0237. The van der Waals surface area contributed by atoms with Gasteiger partial charge in [0.1, 0.15) is 23.2 Å². The molecule has 0 atom stereocenters. The van der Waals surface area contributed by atoms with E-state index in [0.29, 0.717) is 0 Å². The normalized spacial score (nSPS) is 12.0. The molecule has 1 rings (SSSR count). The number of carbonyl (C=O) groups is 1. The number of carbonyl (C=O) groups excluding carboxylic acids is 1. The first-order valence-electron chi connectivity index (χ1n) is 4.20. The largest absolute Gasteiger partial charge is 0.507 e. The van der Waals surface area contributed by atoms with Crippen LogP contribution in [0, 0.1) is 17.5 Å². The topological polar surface area (TPSA) is 37.3 Å². The second kappa shape index (κ2) is 4.94. The maximum Gasteiger partial charge on any atom is 0.300 e. The summed E-state index contributed by atoms with van der Waals surface area (Å²) in [4.78, 5) is 10.5. The zero-order chi connectivity index (χ0) is 13.2. The Morgan fingerprint density at radius 2 is 1.65 bits per heavy atom. The number of halogens is 5. The Labute approximate surface area is 92.0 Å². The summed E-state index contributed by atoms with van der Waals surface area (Å²) in [5.74, 6) is -7.38. The van der Waals surface area contributed by atoms with Gasteiger partial charge in [-0.05, 0) is 0 Å². The summed E-state index contributed by atoms with van der Waals surface area (Å²) >= 11 is 0. The number of benzene rings is 1. The average Bonchev–Trinajstić information content (AvgIpc) is 2.15. The fraction of sp³-hybridized carbons (Fsp3) is 0.100. The van der Waals surface area contributed by atoms with Crippen LogP contribution in [0.4, 0.5) is 22.0 Å². The fourth-order valence-corrected chi connectivity index (χ4v) is 1.06. The Balaban J connectivity index is 3.21. The van der Waals surface area contributed by atoms with Crippen molar-refractivity contribution in [3.8, 4) is 0 Å². The molecule has 92 valence electrons. The highest BCUT2D eigenvalue weighted by Gasteiger charge is 2.19. The maximum absolute atomic E-state index is 13.0. The Kier molecular flexibility index (Phi) is 3.82. The molecule has 0 aliphatic heterocycles. The molecule has 0 aliphatic rings. The Hall–Kier alpha value is -1.92. The molecule has 0 heterocycles. The number of aliphatic hydroxyl groups is 1. The van der Waals surface area contributed by atoms with Gasteiger partial charge >= 0.3 is 0 Å². The molecule has 0 aromatic heterocycles. The van der Waals surface area contributed by atoms with E-state index in [1.54, 1.807) is 0 Å². The van der Waals surface area contributed by atoms with Gasteiger partial charge < -0.3 is 5.11 Å². The molecule has 0 spiro atoms. The predicted octanol–water partition coefficient (Wildman–Crippen LogP) is 2.84. The van der Waals surface area contributed by atoms with Gasteiger partial charge in [-0.3, -0.25) is 4.79 Å². The number of hydrogen-bond donors (Lipinski definition) is 1. The zero-order valence-corrected chi connectivity index (χ0v) is 8.05. The molecule has 0 fully saturated rings. The van der Waals surface area contributed by atoms with Gasteiger partial charge in [-0.2, -0.15) is 0 Å². The van der Waals surface area contributed by atoms with Crippen LogP contribution in [0.15, 0.2) is 18.2 Å². The molecular weight excluding hydrogens is 247 g/mol. The standard InChI is InChI=1S/C10H5F5O2/c11-4-1-5(12)9(6(13)2-4)7(16)3-8(17)10(14)15/h1-3,10,16H/b7-3-. The number of hydrogen-bond acceptors (Lipinski definition) is 2. The van der Waals surface area contributed by atoms with Crippen molar-refractivity contribution in [2.75, 3.05) is 0 Å². The molecule has 1 N–H and O–H groups in total. The van der Waals surface area contributed by atoms with Gasteiger partial charge in [0, 0.05) is 18.2 Å². The van der Waals surface area contributed by atoms with Crippen LogP contribution >= 0.6 is 0 Å². The summed E-state index contributed by atoms with van der Waals surface area (Å²) in [6.45, 7) is 0. The van der Waals surface area contributed by atoms with Crippen LogP contribution in [0.5, 0.6) is 0 Å². The van der Waals surface area contributed by atoms with E-state index in [-0.39, 0.29) is 18.2 Å². The van der Waals surface area contributed by atoms with Crippen molar-refractivity contribution < 1.29 is 31.9 Å². The molecule has 7 heteroatoms. The van der Waals surface area contributed by atoms with Crippen LogP contribution in [-0.2, 0) is 4.79 Å². The molecule has 0 amide bonds. The summed E-state index contributed by atoms with van der Waals surface area (Å²) in [6.07, 6.45) is -3.44. The number of ketones is 1. The fourth-order valence-electron chi connectivity index (χ4n) is 1.06. The lowest BCUT2D eigenvalue weighted by Crippen LogP contribution is -2.07. The van der Waals surface area contributed by atoms with Crippen molar-refractivity contribution >= 4 is 11.5 Å². The van der Waals surface area contributed by atoms with E-state index in [1.165, 1.54) is 0 Å². The lowest BCUT2D eigenvalue weighted by atomic mass is 10.1. The number of aliphatic hydroxyl groups excluding tert-OH is 1. The highest BCUT2D eigenvalue weighted by molar-refractivity contribution is 5.97. The lowest BCUT2D eigenvalue weighted by Gasteiger charge is -2.04. The summed E-state index contributed by atoms with van der Waals surface area (Å²) in [7, 11) is 0. The van der Waals surface area contributed by atoms with Gasteiger partial charge in [-0.1, -0.05) is 0 Å². The zero-order valence-electron chi connectivity index (χ0n) is 8.05. The van der Waals surface area contributed by atoms with Gasteiger partial charge in [0.05, 0.1) is 5.56 Å². The quantitative estimate of drug-likeness (QED) is 0.510. The summed E-state index contributed by atoms with van der Waals surface area (Å²) in [6, 6.07) is 0.491. The number of alkyl halides is 2. The summed E-state index contributed by atoms with van der Waals surface area (Å²) < 4.78 is 62.2. The van der Waals surface area contributed by atoms with Gasteiger partial charge in [-0.15, -0.1) is 0 Å². The van der Waals surface area contributed by atoms with Crippen molar-refractivity contribution in [3.63, 3.8) is 0 Å². The van der Waals surface area contributed by atoms with E-state index in [2.05, 4.69) is 0 Å². The molecule has 0 unspecified atom stereocenters. The van der Waals surface area contributed by atoms with Crippen LogP contribution in [0.25, 0.3) is 5.76 Å². The Morgan fingerprint density at radius 1 is 1.18 bits per heavy atom. The first-order chi connectivity index (χ1) is 7.82. The average molecular weight is 252 g/mol. The molecule has 0 aliphatic carbocycles. The van der Waals surface area contributed by atoms with E-state index in [9.17, 15) is 26.7 Å². The molecule has 0 saturated heterocycles. The maximum atomic E-state index is 13.0. The third kappa shape index (κ3) is 3.02. The number of allylic oxidation sites excluding steroid dienone is 1.